The number of esters is 1. The molecule has 0 bridgehead atoms. The number of fused-ring (bicyclic) bond motifs is 1. The van der Waals surface area contributed by atoms with Crippen molar-refractivity contribution >= 4 is 22.4 Å². The summed E-state index contributed by atoms with van der Waals surface area (Å²) >= 11 is 0. The lowest BCUT2D eigenvalue weighted by molar-refractivity contribution is 0.0601. The summed E-state index contributed by atoms with van der Waals surface area (Å²) < 4.78 is 19.7. The molecule has 1 aliphatic carbocycles. The summed E-state index contributed by atoms with van der Waals surface area (Å²) in [6.45, 7) is 1.50. The van der Waals surface area contributed by atoms with Gasteiger partial charge in [0.25, 0.3) is 0 Å². The van der Waals surface area contributed by atoms with Crippen LogP contribution in [-0.4, -0.2) is 24.3 Å². The maximum Gasteiger partial charge on any atom is 0.337 e. The lowest BCUT2D eigenvalue weighted by Gasteiger charge is -2.14. The van der Waals surface area contributed by atoms with Crippen LogP contribution in [0.2, 0.25) is 0 Å². The minimum Gasteiger partial charge on any atom is -0.465 e. The number of allylic oxidation sites excluding steroid dienone is 4. The third-order valence-corrected chi connectivity index (χ3v) is 5.40. The molecule has 0 N–H and O–H groups in total. The summed E-state index contributed by atoms with van der Waals surface area (Å²) in [5.41, 5.74) is 5.03. The fraction of sp³-hybridized carbons (Fsp3) is 0.409. The zero-order valence-corrected chi connectivity index (χ0v) is 15.7. The van der Waals surface area contributed by atoms with Crippen molar-refractivity contribution in [2.45, 2.75) is 38.5 Å². The number of aromatic nitrogens is 1. The summed E-state index contributed by atoms with van der Waals surface area (Å²) in [5, 5.41) is 1.18. The van der Waals surface area contributed by atoms with Gasteiger partial charge in [0.2, 0.25) is 0 Å². The molecule has 0 spiro atoms. The highest BCUT2D eigenvalue weighted by atomic mass is 19.1. The average Bonchev–Trinajstić information content (AvgIpc) is 3.28. The second-order valence-electron chi connectivity index (χ2n) is 6.83. The van der Waals surface area contributed by atoms with Crippen molar-refractivity contribution in [3.8, 4) is 0 Å². The van der Waals surface area contributed by atoms with Crippen LogP contribution in [0.5, 0.6) is 0 Å². The first kappa shape index (κ1) is 18.4. The number of halogens is 1. The number of hydrogen-bond donors (Lipinski definition) is 0. The summed E-state index contributed by atoms with van der Waals surface area (Å²) in [7, 11) is 3.41. The van der Waals surface area contributed by atoms with Gasteiger partial charge in [-0.05, 0) is 49.0 Å². The van der Waals surface area contributed by atoms with E-state index in [1.54, 1.807) is 6.08 Å². The van der Waals surface area contributed by atoms with Crippen LogP contribution in [0.15, 0.2) is 36.4 Å². The largest absolute Gasteiger partial charge is 0.465 e. The van der Waals surface area contributed by atoms with Gasteiger partial charge in [0.15, 0.2) is 0 Å². The van der Waals surface area contributed by atoms with E-state index in [9.17, 15) is 9.18 Å². The van der Waals surface area contributed by atoms with Crippen molar-refractivity contribution in [3.05, 3.63) is 53.2 Å². The van der Waals surface area contributed by atoms with E-state index in [4.69, 9.17) is 4.74 Å². The number of nitrogens with zero attached hydrogens (tertiary/aromatic N) is 1. The molecule has 2 aromatic rings. The van der Waals surface area contributed by atoms with Gasteiger partial charge in [0.05, 0.1) is 18.4 Å². The standard InChI is InChI=1S/C22H26FNO2/c1-4-15(10-7-13-23)21-20(16-8-5-6-9-16)18-12-11-17(22(25)26-3)14-19(18)24(21)2/h4,7,10-12,14,16H,5-6,8-9,13H2,1-3H3/b10-7-,15-4+. The van der Waals surface area contributed by atoms with Crippen LogP contribution in [0.1, 0.15) is 60.1 Å². The zero-order valence-electron chi connectivity index (χ0n) is 15.7. The first-order valence-corrected chi connectivity index (χ1v) is 9.22. The Morgan fingerprint density at radius 3 is 2.69 bits per heavy atom. The van der Waals surface area contributed by atoms with E-state index in [1.165, 1.54) is 43.7 Å². The molecule has 0 amide bonds. The highest BCUT2D eigenvalue weighted by molar-refractivity contribution is 5.98. The monoisotopic (exact) mass is 355 g/mol. The maximum absolute atomic E-state index is 12.7. The smallest absolute Gasteiger partial charge is 0.337 e. The molecule has 0 atom stereocenters. The van der Waals surface area contributed by atoms with E-state index in [0.29, 0.717) is 11.5 Å². The van der Waals surface area contributed by atoms with Crippen molar-refractivity contribution in [2.24, 2.45) is 7.05 Å². The zero-order chi connectivity index (χ0) is 18.7. The van der Waals surface area contributed by atoms with E-state index in [2.05, 4.69) is 4.57 Å². The van der Waals surface area contributed by atoms with E-state index in [0.717, 1.165) is 16.8 Å². The van der Waals surface area contributed by atoms with Gasteiger partial charge in [-0.2, -0.15) is 0 Å². The van der Waals surface area contributed by atoms with Crippen LogP contribution in [0.3, 0.4) is 0 Å². The average molecular weight is 355 g/mol. The molecular formula is C22H26FNO2. The Kier molecular flexibility index (Phi) is 5.60. The molecule has 4 heteroatoms. The number of alkyl halides is 1. The molecule has 1 aromatic carbocycles. The van der Waals surface area contributed by atoms with Gasteiger partial charge in [-0.25, -0.2) is 9.18 Å². The maximum atomic E-state index is 12.7. The van der Waals surface area contributed by atoms with Crippen LogP contribution in [0.4, 0.5) is 4.39 Å². The number of carbonyl (C=O) groups is 1. The van der Waals surface area contributed by atoms with Crippen molar-refractivity contribution in [1.29, 1.82) is 0 Å². The molecule has 1 fully saturated rings. The topological polar surface area (TPSA) is 31.2 Å². The number of benzene rings is 1. The van der Waals surface area contributed by atoms with Crippen molar-refractivity contribution < 1.29 is 13.9 Å². The molecule has 1 aromatic heterocycles. The third-order valence-electron chi connectivity index (χ3n) is 5.40. The van der Waals surface area contributed by atoms with E-state index in [-0.39, 0.29) is 5.97 Å². The molecule has 1 heterocycles. The van der Waals surface area contributed by atoms with Crippen LogP contribution in [-0.2, 0) is 11.8 Å². The van der Waals surface area contributed by atoms with Gasteiger partial charge >= 0.3 is 5.97 Å². The molecule has 3 rings (SSSR count). The number of carbonyl (C=O) groups excluding carboxylic acids is 1. The number of hydrogen-bond acceptors (Lipinski definition) is 2. The van der Waals surface area contributed by atoms with E-state index < -0.39 is 6.67 Å². The van der Waals surface area contributed by atoms with Gasteiger partial charge in [0, 0.05) is 18.0 Å². The van der Waals surface area contributed by atoms with E-state index >= 15 is 0 Å². The third kappa shape index (κ3) is 3.20. The van der Waals surface area contributed by atoms with Crippen LogP contribution >= 0.6 is 0 Å². The second kappa shape index (κ2) is 7.90. The van der Waals surface area contributed by atoms with Crippen LogP contribution < -0.4 is 0 Å². The summed E-state index contributed by atoms with van der Waals surface area (Å²) in [4.78, 5) is 12.0. The predicted molar refractivity (Wildman–Crippen MR) is 104 cm³/mol. The van der Waals surface area contributed by atoms with Crippen molar-refractivity contribution in [1.82, 2.24) is 4.57 Å². The number of ether oxygens (including phenoxy) is 1. The summed E-state index contributed by atoms with van der Waals surface area (Å²) in [6, 6.07) is 5.77. The highest BCUT2D eigenvalue weighted by Crippen LogP contribution is 2.43. The minimum absolute atomic E-state index is 0.333. The molecule has 0 aliphatic heterocycles. The van der Waals surface area contributed by atoms with Gasteiger partial charge in [0.1, 0.15) is 6.67 Å². The highest BCUT2D eigenvalue weighted by Gasteiger charge is 2.27. The van der Waals surface area contributed by atoms with Gasteiger partial charge < -0.3 is 9.30 Å². The Bertz CT molecular complexity index is 870. The normalized spacial score (nSPS) is 16.1. The second-order valence-corrected chi connectivity index (χ2v) is 6.83. The molecular weight excluding hydrogens is 329 g/mol. The Morgan fingerprint density at radius 1 is 1.35 bits per heavy atom. The van der Waals surface area contributed by atoms with Crippen LogP contribution in [0, 0.1) is 0 Å². The fourth-order valence-corrected chi connectivity index (χ4v) is 4.17. The van der Waals surface area contributed by atoms with Gasteiger partial charge in [-0.1, -0.05) is 37.1 Å². The lowest BCUT2D eigenvalue weighted by Crippen LogP contribution is -2.02. The van der Waals surface area contributed by atoms with Crippen LogP contribution in [0.25, 0.3) is 16.5 Å². The Morgan fingerprint density at radius 2 is 2.08 bits per heavy atom. The predicted octanol–water partition coefficient (Wildman–Crippen LogP) is 5.55. The van der Waals surface area contributed by atoms with Crippen molar-refractivity contribution in [3.63, 3.8) is 0 Å². The number of methoxy groups -OCH3 is 1. The molecule has 0 radical (unpaired) electrons. The quantitative estimate of drug-likeness (QED) is 0.520. The van der Waals surface area contributed by atoms with Gasteiger partial charge in [-0.15, -0.1) is 0 Å². The molecule has 26 heavy (non-hydrogen) atoms. The fourth-order valence-electron chi connectivity index (χ4n) is 4.17. The van der Waals surface area contributed by atoms with Gasteiger partial charge in [-0.3, -0.25) is 0 Å². The molecule has 1 aliphatic rings. The molecule has 1 saturated carbocycles. The van der Waals surface area contributed by atoms with Crippen molar-refractivity contribution in [2.75, 3.05) is 13.8 Å². The first-order valence-electron chi connectivity index (χ1n) is 9.22. The lowest BCUT2D eigenvalue weighted by atomic mass is 9.91. The van der Waals surface area contributed by atoms with E-state index in [1.807, 2.05) is 44.3 Å². The minimum atomic E-state index is -0.480. The molecule has 0 unspecified atom stereocenters. The first-order chi connectivity index (χ1) is 12.6. The Balaban J connectivity index is 2.26. The summed E-state index contributed by atoms with van der Waals surface area (Å²) in [6.07, 6.45) is 10.3. The molecule has 3 nitrogen and oxygen atoms in total. The summed E-state index contributed by atoms with van der Waals surface area (Å²) in [5.74, 6) is 0.173. The molecule has 0 saturated heterocycles. The number of aryl methyl sites for hydroxylation is 1. The Labute approximate surface area is 154 Å². The number of rotatable bonds is 5. The Hall–Kier alpha value is -2.36. The molecule has 138 valence electrons. The SMILES string of the molecule is C/C=C(\C=C/CF)c1c(C2CCCC2)c2ccc(C(=O)OC)cc2n1C.